The van der Waals surface area contributed by atoms with Crippen molar-refractivity contribution < 1.29 is 13.2 Å². The fraction of sp³-hybridized carbons (Fsp3) is 0.316. The van der Waals surface area contributed by atoms with Crippen molar-refractivity contribution in [1.29, 1.82) is 5.26 Å². The van der Waals surface area contributed by atoms with Gasteiger partial charge in [-0.15, -0.1) is 4.40 Å². The summed E-state index contributed by atoms with van der Waals surface area (Å²) in [7, 11) is -3.42. The van der Waals surface area contributed by atoms with Crippen molar-refractivity contribution in [2.75, 3.05) is 18.8 Å². The number of fused-ring (bicyclic) bond motifs is 1. The van der Waals surface area contributed by atoms with Gasteiger partial charge in [0.1, 0.15) is 5.84 Å². The summed E-state index contributed by atoms with van der Waals surface area (Å²) in [6.45, 7) is 4.64. The van der Waals surface area contributed by atoms with Crippen LogP contribution in [-0.2, 0) is 14.8 Å². The van der Waals surface area contributed by atoms with E-state index in [1.807, 2.05) is 26.0 Å². The number of amides is 1. The highest BCUT2D eigenvalue weighted by Gasteiger charge is 2.28. The molecule has 8 heteroatoms. The molecule has 27 heavy (non-hydrogen) atoms. The highest BCUT2D eigenvalue weighted by molar-refractivity contribution is 7.90. The van der Waals surface area contributed by atoms with E-state index in [1.165, 1.54) is 0 Å². The Morgan fingerprint density at radius 3 is 2.67 bits per heavy atom. The third-order valence-electron chi connectivity index (χ3n) is 4.66. The van der Waals surface area contributed by atoms with Crippen molar-refractivity contribution >= 4 is 21.8 Å². The molecular formula is C19H20N4O3S. The van der Waals surface area contributed by atoms with Gasteiger partial charge in [-0.25, -0.2) is 8.42 Å². The number of nitriles is 1. The van der Waals surface area contributed by atoms with Crippen LogP contribution in [0, 0.1) is 11.3 Å². The fourth-order valence-electron chi connectivity index (χ4n) is 3.10. The van der Waals surface area contributed by atoms with Crippen molar-refractivity contribution in [3.8, 4) is 6.07 Å². The van der Waals surface area contributed by atoms with Crippen LogP contribution in [0.25, 0.3) is 0 Å². The SMILES string of the molecule is CCN(C(=O)C1=CN2CCS(=O)(=O)N=C2C=C1)C(C)c1ccc(C#N)cc1. The van der Waals surface area contributed by atoms with Crippen molar-refractivity contribution in [2.24, 2.45) is 4.40 Å². The lowest BCUT2D eigenvalue weighted by molar-refractivity contribution is -0.128. The van der Waals surface area contributed by atoms with Gasteiger partial charge in [0, 0.05) is 19.3 Å². The largest absolute Gasteiger partial charge is 0.332 e. The lowest BCUT2D eigenvalue weighted by atomic mass is 10.0. The van der Waals surface area contributed by atoms with Gasteiger partial charge < -0.3 is 9.80 Å². The summed E-state index contributed by atoms with van der Waals surface area (Å²) in [4.78, 5) is 16.5. The van der Waals surface area contributed by atoms with Crippen molar-refractivity contribution in [2.45, 2.75) is 19.9 Å². The van der Waals surface area contributed by atoms with Gasteiger partial charge in [-0.05, 0) is 43.7 Å². The predicted molar refractivity (Wildman–Crippen MR) is 102 cm³/mol. The summed E-state index contributed by atoms with van der Waals surface area (Å²) < 4.78 is 26.9. The molecule has 0 fully saturated rings. The maximum absolute atomic E-state index is 13.0. The van der Waals surface area contributed by atoms with Crippen molar-refractivity contribution in [3.05, 3.63) is 59.3 Å². The Morgan fingerprint density at radius 1 is 1.33 bits per heavy atom. The molecule has 1 unspecified atom stereocenters. The third-order valence-corrected chi connectivity index (χ3v) is 5.83. The number of amidine groups is 1. The zero-order chi connectivity index (χ0) is 19.6. The molecule has 140 valence electrons. The first-order valence-electron chi connectivity index (χ1n) is 8.65. The molecule has 0 aromatic heterocycles. The molecule has 2 aliphatic rings. The molecule has 7 nitrogen and oxygen atoms in total. The van der Waals surface area contributed by atoms with Crippen LogP contribution in [0.5, 0.6) is 0 Å². The molecule has 0 bridgehead atoms. The summed E-state index contributed by atoms with van der Waals surface area (Å²) in [5.74, 6) is 0.126. The summed E-state index contributed by atoms with van der Waals surface area (Å²) in [5.41, 5.74) is 2.00. The van der Waals surface area contributed by atoms with Gasteiger partial charge in [0.2, 0.25) is 0 Å². The molecule has 1 aromatic carbocycles. The molecule has 0 radical (unpaired) electrons. The minimum atomic E-state index is -3.42. The second kappa shape index (κ2) is 7.37. The number of hydrogen-bond donors (Lipinski definition) is 0. The van der Waals surface area contributed by atoms with E-state index in [2.05, 4.69) is 10.5 Å². The smallest absolute Gasteiger partial charge is 0.256 e. The monoisotopic (exact) mass is 384 g/mol. The van der Waals surface area contributed by atoms with Gasteiger partial charge >= 0.3 is 0 Å². The Bertz CT molecular complexity index is 985. The molecule has 1 aromatic rings. The Hall–Kier alpha value is -2.92. The fourth-order valence-corrected chi connectivity index (χ4v) is 4.07. The summed E-state index contributed by atoms with van der Waals surface area (Å²) in [6, 6.07) is 9.10. The van der Waals surface area contributed by atoms with Crippen LogP contribution in [-0.4, -0.2) is 48.8 Å². The minimum Gasteiger partial charge on any atom is -0.332 e. The predicted octanol–water partition coefficient (Wildman–Crippen LogP) is 1.97. The van der Waals surface area contributed by atoms with Gasteiger partial charge in [-0.1, -0.05) is 12.1 Å². The van der Waals surface area contributed by atoms with Crippen LogP contribution in [0.15, 0.2) is 52.6 Å². The van der Waals surface area contributed by atoms with Gasteiger partial charge in [0.15, 0.2) is 0 Å². The van der Waals surface area contributed by atoms with E-state index in [0.717, 1.165) is 5.56 Å². The first kappa shape index (κ1) is 18.9. The number of sulfonamides is 1. The Kier molecular flexibility index (Phi) is 5.15. The lowest BCUT2D eigenvalue weighted by Gasteiger charge is -2.31. The topological polar surface area (TPSA) is 93.8 Å². The van der Waals surface area contributed by atoms with Crippen molar-refractivity contribution in [3.63, 3.8) is 0 Å². The number of hydrogen-bond acceptors (Lipinski definition) is 5. The molecule has 3 rings (SSSR count). The number of nitrogens with zero attached hydrogens (tertiary/aromatic N) is 4. The Balaban J connectivity index is 1.82. The third kappa shape index (κ3) is 3.93. The van der Waals surface area contributed by atoms with Crippen LogP contribution < -0.4 is 0 Å². The highest BCUT2D eigenvalue weighted by Crippen LogP contribution is 2.24. The number of rotatable bonds is 4. The molecule has 2 heterocycles. The first-order chi connectivity index (χ1) is 12.8. The molecule has 0 aliphatic carbocycles. The molecule has 2 aliphatic heterocycles. The Labute approximate surface area is 159 Å². The number of carbonyl (C=O) groups is 1. The lowest BCUT2D eigenvalue weighted by Crippen LogP contribution is -2.39. The van der Waals surface area contributed by atoms with Gasteiger partial charge in [0.25, 0.3) is 15.9 Å². The number of likely N-dealkylation sites (N-methyl/N-ethyl adjacent to an activating group) is 1. The van der Waals surface area contributed by atoms with Crippen LogP contribution >= 0.6 is 0 Å². The van der Waals surface area contributed by atoms with E-state index < -0.39 is 10.0 Å². The maximum atomic E-state index is 13.0. The van der Waals surface area contributed by atoms with Gasteiger partial charge in [-0.2, -0.15) is 5.26 Å². The van der Waals surface area contributed by atoms with Crippen LogP contribution in [0.2, 0.25) is 0 Å². The highest BCUT2D eigenvalue weighted by atomic mass is 32.2. The molecule has 0 saturated heterocycles. The van der Waals surface area contributed by atoms with E-state index in [9.17, 15) is 13.2 Å². The van der Waals surface area contributed by atoms with Gasteiger partial charge in [0.05, 0.1) is 29.0 Å². The average Bonchev–Trinajstić information content (AvgIpc) is 2.67. The molecule has 1 atom stereocenters. The van der Waals surface area contributed by atoms with Crippen LogP contribution in [0.1, 0.15) is 31.0 Å². The summed E-state index contributed by atoms with van der Waals surface area (Å²) in [5, 5.41) is 8.93. The number of benzene rings is 1. The standard InChI is InChI=1S/C19H20N4O3S/c1-3-23(14(2)16-6-4-15(12-20)5-7-16)19(24)17-8-9-18-21-27(25,26)11-10-22(18)13-17/h4-9,13-14H,3,10-11H2,1-2H3. The molecule has 0 saturated carbocycles. The van der Waals surface area contributed by atoms with Gasteiger partial charge in [-0.3, -0.25) is 4.79 Å². The molecule has 0 spiro atoms. The van der Waals surface area contributed by atoms with E-state index in [0.29, 0.717) is 23.5 Å². The average molecular weight is 384 g/mol. The molecular weight excluding hydrogens is 364 g/mol. The van der Waals surface area contributed by atoms with E-state index in [4.69, 9.17) is 5.26 Å². The van der Waals surface area contributed by atoms with Crippen LogP contribution in [0.3, 0.4) is 0 Å². The molecule has 1 amide bonds. The number of carbonyl (C=O) groups excluding carboxylic acids is 1. The Morgan fingerprint density at radius 2 is 2.04 bits per heavy atom. The van der Waals surface area contributed by atoms with Crippen molar-refractivity contribution in [1.82, 2.24) is 9.80 Å². The molecule has 0 N–H and O–H groups in total. The summed E-state index contributed by atoms with van der Waals surface area (Å²) >= 11 is 0. The first-order valence-corrected chi connectivity index (χ1v) is 10.3. The van der Waals surface area contributed by atoms with E-state index in [1.54, 1.807) is 40.3 Å². The quantitative estimate of drug-likeness (QED) is 0.791. The summed E-state index contributed by atoms with van der Waals surface area (Å²) in [6.07, 6.45) is 4.82. The van der Waals surface area contributed by atoms with E-state index in [-0.39, 0.29) is 24.2 Å². The van der Waals surface area contributed by atoms with E-state index >= 15 is 0 Å². The zero-order valence-corrected chi connectivity index (χ0v) is 16.0. The normalized spacial score (nSPS) is 18.6. The second-order valence-electron chi connectivity index (χ2n) is 6.35. The zero-order valence-electron chi connectivity index (χ0n) is 15.2. The van der Waals surface area contributed by atoms with Crippen LogP contribution in [0.4, 0.5) is 0 Å². The minimum absolute atomic E-state index is 0.0680. The maximum Gasteiger partial charge on any atom is 0.256 e. The second-order valence-corrected chi connectivity index (χ2v) is 8.10.